The van der Waals surface area contributed by atoms with E-state index in [2.05, 4.69) is 0 Å². The number of alkyl halides is 4. The second kappa shape index (κ2) is 4.76. The van der Waals surface area contributed by atoms with E-state index in [9.17, 15) is 18.0 Å². The number of rotatable bonds is 2. The summed E-state index contributed by atoms with van der Waals surface area (Å²) in [5, 5.41) is 8.73. The highest BCUT2D eigenvalue weighted by molar-refractivity contribution is 6.31. The summed E-state index contributed by atoms with van der Waals surface area (Å²) >= 11 is 5.26. The molecule has 0 unspecified atom stereocenters. The van der Waals surface area contributed by atoms with Gasteiger partial charge in [-0.3, -0.25) is 4.79 Å². The first-order valence-corrected chi connectivity index (χ1v) is 5.06. The van der Waals surface area contributed by atoms with Gasteiger partial charge >= 0.3 is 6.18 Å². The summed E-state index contributed by atoms with van der Waals surface area (Å²) < 4.78 is 38.5. The Morgan fingerprint density at radius 2 is 2.06 bits per heavy atom. The highest BCUT2D eigenvalue weighted by Gasteiger charge is 2.38. The third-order valence-corrected chi connectivity index (χ3v) is 2.46. The van der Waals surface area contributed by atoms with Crippen molar-refractivity contribution in [3.63, 3.8) is 0 Å². The first-order chi connectivity index (χ1) is 7.82. The maximum Gasteiger partial charge on any atom is 0.417 e. The predicted molar refractivity (Wildman–Crippen MR) is 55.9 cm³/mol. The zero-order valence-corrected chi connectivity index (χ0v) is 9.49. The van der Waals surface area contributed by atoms with Gasteiger partial charge in [-0.25, -0.2) is 0 Å². The molecule has 0 N–H and O–H groups in total. The fourth-order valence-electron chi connectivity index (χ4n) is 1.52. The lowest BCUT2D eigenvalue weighted by atomic mass is 9.94. The highest BCUT2D eigenvalue weighted by atomic mass is 35.5. The van der Waals surface area contributed by atoms with Crippen LogP contribution in [0.1, 0.15) is 27.0 Å². The van der Waals surface area contributed by atoms with E-state index in [4.69, 9.17) is 16.9 Å². The molecule has 0 aliphatic rings. The number of Topliss-reactive ketones (excluding diaryl/α,β-unsaturated/α-hetero) is 1. The van der Waals surface area contributed by atoms with Crippen molar-refractivity contribution < 1.29 is 18.0 Å². The largest absolute Gasteiger partial charge is 0.417 e. The van der Waals surface area contributed by atoms with E-state index in [0.29, 0.717) is 0 Å². The summed E-state index contributed by atoms with van der Waals surface area (Å²) in [5.41, 5.74) is -2.14. The number of ketones is 1. The molecule has 6 heteroatoms. The first-order valence-electron chi connectivity index (χ1n) is 4.53. The Kier molecular flexibility index (Phi) is 3.79. The molecule has 0 amide bonds. The number of hydrogen-bond acceptors (Lipinski definition) is 2. The summed E-state index contributed by atoms with van der Waals surface area (Å²) in [5.74, 6) is -1.50. The van der Waals surface area contributed by atoms with E-state index in [1.165, 1.54) is 13.0 Å². The molecule has 0 fully saturated rings. The van der Waals surface area contributed by atoms with Gasteiger partial charge in [0, 0.05) is 5.56 Å². The van der Waals surface area contributed by atoms with Crippen LogP contribution in [0.2, 0.25) is 0 Å². The van der Waals surface area contributed by atoms with Crippen molar-refractivity contribution in [3.8, 4) is 6.07 Å². The normalized spacial score (nSPS) is 11.1. The van der Waals surface area contributed by atoms with Crippen LogP contribution in [0.3, 0.4) is 0 Å². The minimum Gasteiger partial charge on any atom is -0.293 e. The number of carbonyl (C=O) groups excluding carboxylic acids is 1. The topological polar surface area (TPSA) is 40.9 Å². The van der Waals surface area contributed by atoms with Crippen LogP contribution < -0.4 is 0 Å². The smallest absolute Gasteiger partial charge is 0.293 e. The predicted octanol–water partition coefficient (Wildman–Crippen LogP) is 3.31. The van der Waals surface area contributed by atoms with Gasteiger partial charge in [0.05, 0.1) is 23.1 Å². The molecule has 0 spiro atoms. The minimum atomic E-state index is -4.69. The Labute approximate surface area is 101 Å². The number of benzene rings is 1. The number of halogens is 4. The minimum absolute atomic E-state index is 0.107. The van der Waals surface area contributed by atoms with Crippen LogP contribution in [-0.4, -0.2) is 11.7 Å². The maximum atomic E-state index is 12.8. The Morgan fingerprint density at radius 3 is 2.47 bits per heavy atom. The molecule has 0 heterocycles. The third-order valence-electron chi connectivity index (χ3n) is 2.22. The van der Waals surface area contributed by atoms with Crippen LogP contribution in [0.4, 0.5) is 13.2 Å². The standard InChI is InChI=1S/C11H7ClF3NO/c1-6-2-3-7(5-16)9(8(17)4-12)10(6)11(13,14)15/h2-3H,4H2,1H3. The van der Waals surface area contributed by atoms with Gasteiger partial charge in [-0.1, -0.05) is 6.07 Å². The van der Waals surface area contributed by atoms with Gasteiger partial charge in [-0.15, -0.1) is 11.6 Å². The second-order valence-corrected chi connectivity index (χ2v) is 3.61. The summed E-state index contributed by atoms with van der Waals surface area (Å²) in [4.78, 5) is 11.4. The quantitative estimate of drug-likeness (QED) is 0.605. The number of nitriles is 1. The lowest BCUT2D eigenvalue weighted by Gasteiger charge is -2.15. The lowest BCUT2D eigenvalue weighted by molar-refractivity contribution is -0.138. The van der Waals surface area contributed by atoms with Gasteiger partial charge in [-0.2, -0.15) is 18.4 Å². The Morgan fingerprint density at radius 1 is 1.47 bits per heavy atom. The van der Waals surface area contributed by atoms with Gasteiger partial charge < -0.3 is 0 Å². The molecule has 1 aromatic rings. The van der Waals surface area contributed by atoms with Gasteiger partial charge in [0.25, 0.3) is 0 Å². The Balaban J connectivity index is 3.67. The van der Waals surface area contributed by atoms with Crippen LogP contribution in [0.25, 0.3) is 0 Å². The zero-order chi connectivity index (χ0) is 13.2. The maximum absolute atomic E-state index is 12.8. The van der Waals surface area contributed by atoms with Crippen molar-refractivity contribution in [2.75, 3.05) is 5.88 Å². The molecule has 0 saturated heterocycles. The summed E-state index contributed by atoms with van der Waals surface area (Å²) in [6, 6.07) is 3.92. The molecule has 17 heavy (non-hydrogen) atoms. The third kappa shape index (κ3) is 2.59. The molecular weight excluding hydrogens is 255 g/mol. The van der Waals surface area contributed by atoms with Crippen molar-refractivity contribution in [2.45, 2.75) is 13.1 Å². The van der Waals surface area contributed by atoms with Crippen LogP contribution in [-0.2, 0) is 6.18 Å². The van der Waals surface area contributed by atoms with Gasteiger partial charge in [0.2, 0.25) is 0 Å². The van der Waals surface area contributed by atoms with Crippen molar-refractivity contribution in [2.24, 2.45) is 0 Å². The summed E-state index contributed by atoms with van der Waals surface area (Å²) in [7, 11) is 0. The lowest BCUT2D eigenvalue weighted by Crippen LogP contribution is -2.17. The van der Waals surface area contributed by atoms with E-state index in [1.54, 1.807) is 6.07 Å². The SMILES string of the molecule is Cc1ccc(C#N)c(C(=O)CCl)c1C(F)(F)F. The molecule has 1 rings (SSSR count). The zero-order valence-electron chi connectivity index (χ0n) is 8.73. The monoisotopic (exact) mass is 261 g/mol. The molecule has 2 nitrogen and oxygen atoms in total. The van der Waals surface area contributed by atoms with E-state index in [0.717, 1.165) is 6.07 Å². The number of carbonyl (C=O) groups is 1. The van der Waals surface area contributed by atoms with Crippen molar-refractivity contribution in [3.05, 3.63) is 34.4 Å². The average Bonchev–Trinajstić information content (AvgIpc) is 2.25. The van der Waals surface area contributed by atoms with Gasteiger partial charge in [0.15, 0.2) is 5.78 Å². The van der Waals surface area contributed by atoms with Crippen molar-refractivity contribution in [1.29, 1.82) is 5.26 Å². The van der Waals surface area contributed by atoms with Crippen molar-refractivity contribution >= 4 is 17.4 Å². The molecule has 0 aromatic heterocycles. The van der Waals surface area contributed by atoms with Crippen molar-refractivity contribution in [1.82, 2.24) is 0 Å². The fourth-order valence-corrected chi connectivity index (χ4v) is 1.66. The van der Waals surface area contributed by atoms with Crippen LogP contribution in [0.5, 0.6) is 0 Å². The van der Waals surface area contributed by atoms with E-state index < -0.39 is 29.0 Å². The summed E-state index contributed by atoms with van der Waals surface area (Å²) in [6.07, 6.45) is -4.69. The Hall–Kier alpha value is -1.54. The molecule has 0 atom stereocenters. The average molecular weight is 262 g/mol. The highest BCUT2D eigenvalue weighted by Crippen LogP contribution is 2.36. The molecule has 0 bridgehead atoms. The molecule has 0 aliphatic carbocycles. The van der Waals surface area contributed by atoms with Crippen LogP contribution in [0, 0.1) is 18.3 Å². The van der Waals surface area contributed by atoms with Gasteiger partial charge in [0.1, 0.15) is 0 Å². The molecular formula is C11H7ClF3NO. The molecule has 0 aliphatic heterocycles. The fraction of sp³-hybridized carbons (Fsp3) is 0.273. The molecule has 90 valence electrons. The van der Waals surface area contributed by atoms with E-state index >= 15 is 0 Å². The van der Waals surface area contributed by atoms with Crippen LogP contribution >= 0.6 is 11.6 Å². The van der Waals surface area contributed by atoms with E-state index in [1.807, 2.05) is 0 Å². The first kappa shape index (κ1) is 13.5. The number of hydrogen-bond donors (Lipinski definition) is 0. The summed E-state index contributed by atoms with van der Waals surface area (Å²) in [6.45, 7) is 1.23. The number of aryl methyl sites for hydroxylation is 1. The molecule has 0 saturated carbocycles. The number of nitrogens with zero attached hydrogens (tertiary/aromatic N) is 1. The molecule has 0 radical (unpaired) electrons. The Bertz CT molecular complexity index is 503. The second-order valence-electron chi connectivity index (χ2n) is 3.35. The van der Waals surface area contributed by atoms with E-state index in [-0.39, 0.29) is 11.1 Å². The van der Waals surface area contributed by atoms with Gasteiger partial charge in [-0.05, 0) is 18.6 Å². The molecule has 1 aromatic carbocycles. The van der Waals surface area contributed by atoms with Crippen LogP contribution in [0.15, 0.2) is 12.1 Å².